The molecule has 0 spiro atoms. The molecule has 0 saturated heterocycles. The van der Waals surface area contributed by atoms with Crippen molar-refractivity contribution in [1.82, 2.24) is 10.1 Å². The number of esters is 1. The lowest BCUT2D eigenvalue weighted by Gasteiger charge is -2.14. The van der Waals surface area contributed by atoms with Gasteiger partial charge < -0.3 is 14.2 Å². The van der Waals surface area contributed by atoms with Crippen LogP contribution in [0.2, 0.25) is 0 Å². The van der Waals surface area contributed by atoms with E-state index in [9.17, 15) is 4.79 Å². The van der Waals surface area contributed by atoms with Gasteiger partial charge in [0.15, 0.2) is 0 Å². The lowest BCUT2D eigenvalue weighted by molar-refractivity contribution is -0.146. The molecule has 0 aliphatic rings. The SMILES string of the molecule is CCOC(=O)C(c1nc(N(C)CC)no1)C(C)C. The van der Waals surface area contributed by atoms with Gasteiger partial charge in [0.1, 0.15) is 5.92 Å². The molecule has 1 unspecified atom stereocenters. The van der Waals surface area contributed by atoms with Crippen LogP contribution >= 0.6 is 0 Å². The molecule has 0 radical (unpaired) electrons. The number of aromatic nitrogens is 2. The minimum absolute atomic E-state index is 0.0456. The van der Waals surface area contributed by atoms with Crippen molar-refractivity contribution in [3.63, 3.8) is 0 Å². The molecule has 0 aromatic carbocycles. The van der Waals surface area contributed by atoms with Gasteiger partial charge in [-0.15, -0.1) is 0 Å². The number of ether oxygens (including phenoxy) is 1. The van der Waals surface area contributed by atoms with Gasteiger partial charge in [-0.05, 0) is 24.9 Å². The Bertz CT molecular complexity index is 390. The van der Waals surface area contributed by atoms with E-state index in [1.54, 1.807) is 6.92 Å². The number of nitrogens with zero attached hydrogens (tertiary/aromatic N) is 3. The average molecular weight is 255 g/mol. The molecular formula is C12H21N3O3. The largest absolute Gasteiger partial charge is 0.465 e. The summed E-state index contributed by atoms with van der Waals surface area (Å²) < 4.78 is 10.2. The van der Waals surface area contributed by atoms with E-state index in [-0.39, 0.29) is 11.9 Å². The molecule has 1 aromatic heterocycles. The molecule has 1 atom stereocenters. The fraction of sp³-hybridized carbons (Fsp3) is 0.750. The first-order valence-electron chi connectivity index (χ1n) is 6.22. The van der Waals surface area contributed by atoms with E-state index in [2.05, 4.69) is 10.1 Å². The molecule has 1 aromatic rings. The second-order valence-electron chi connectivity index (χ2n) is 4.42. The van der Waals surface area contributed by atoms with Crippen molar-refractivity contribution in [2.75, 3.05) is 25.1 Å². The molecule has 0 aliphatic heterocycles. The van der Waals surface area contributed by atoms with Gasteiger partial charge in [0, 0.05) is 13.6 Å². The van der Waals surface area contributed by atoms with E-state index in [4.69, 9.17) is 9.26 Å². The first-order chi connectivity index (χ1) is 8.51. The number of hydrogen-bond donors (Lipinski definition) is 0. The first-order valence-corrected chi connectivity index (χ1v) is 6.22. The Morgan fingerprint density at radius 1 is 1.44 bits per heavy atom. The molecule has 0 amide bonds. The fourth-order valence-corrected chi connectivity index (χ4v) is 1.54. The summed E-state index contributed by atoms with van der Waals surface area (Å²) in [4.78, 5) is 18.0. The lowest BCUT2D eigenvalue weighted by Crippen LogP contribution is -2.22. The van der Waals surface area contributed by atoms with Crippen LogP contribution in [0.25, 0.3) is 0 Å². The number of carbonyl (C=O) groups is 1. The highest BCUT2D eigenvalue weighted by molar-refractivity contribution is 5.77. The lowest BCUT2D eigenvalue weighted by atomic mass is 9.96. The quantitative estimate of drug-likeness (QED) is 0.722. The van der Waals surface area contributed by atoms with Gasteiger partial charge in [-0.25, -0.2) is 0 Å². The van der Waals surface area contributed by atoms with E-state index < -0.39 is 5.92 Å². The zero-order valence-corrected chi connectivity index (χ0v) is 11.6. The summed E-state index contributed by atoms with van der Waals surface area (Å²) in [5.74, 6) is 0.0313. The van der Waals surface area contributed by atoms with Crippen molar-refractivity contribution < 1.29 is 14.1 Å². The van der Waals surface area contributed by atoms with Crippen molar-refractivity contribution in [3.05, 3.63) is 5.89 Å². The smallest absolute Gasteiger partial charge is 0.318 e. The number of carbonyl (C=O) groups excluding carboxylic acids is 1. The normalized spacial score (nSPS) is 12.6. The number of anilines is 1. The molecule has 1 heterocycles. The third-order valence-corrected chi connectivity index (χ3v) is 2.72. The highest BCUT2D eigenvalue weighted by Crippen LogP contribution is 2.25. The summed E-state index contributed by atoms with van der Waals surface area (Å²) >= 11 is 0. The second-order valence-corrected chi connectivity index (χ2v) is 4.42. The maximum absolute atomic E-state index is 11.9. The van der Waals surface area contributed by atoms with Crippen LogP contribution in [0.15, 0.2) is 4.52 Å². The summed E-state index contributed by atoms with van der Waals surface area (Å²) in [7, 11) is 1.86. The van der Waals surface area contributed by atoms with Crippen LogP contribution in [0.1, 0.15) is 39.5 Å². The van der Waals surface area contributed by atoms with Crippen LogP contribution in [0.4, 0.5) is 5.95 Å². The zero-order valence-electron chi connectivity index (χ0n) is 11.6. The minimum atomic E-state index is -0.503. The van der Waals surface area contributed by atoms with Crippen molar-refractivity contribution in [2.45, 2.75) is 33.6 Å². The Morgan fingerprint density at radius 3 is 2.61 bits per heavy atom. The van der Waals surface area contributed by atoms with Crippen molar-refractivity contribution in [3.8, 4) is 0 Å². The Hall–Kier alpha value is -1.59. The molecule has 102 valence electrons. The van der Waals surface area contributed by atoms with Gasteiger partial charge in [-0.2, -0.15) is 4.98 Å². The molecule has 0 aliphatic carbocycles. The van der Waals surface area contributed by atoms with Crippen LogP contribution < -0.4 is 4.90 Å². The molecule has 6 heteroatoms. The number of hydrogen-bond acceptors (Lipinski definition) is 6. The predicted octanol–water partition coefficient (Wildman–Crippen LogP) is 1.83. The summed E-state index contributed by atoms with van der Waals surface area (Å²) in [5, 5.41) is 3.86. The monoisotopic (exact) mass is 255 g/mol. The van der Waals surface area contributed by atoms with E-state index in [0.717, 1.165) is 6.54 Å². The molecule has 0 N–H and O–H groups in total. The van der Waals surface area contributed by atoms with Crippen molar-refractivity contribution in [1.29, 1.82) is 0 Å². The maximum atomic E-state index is 11.9. The Balaban J connectivity index is 2.93. The summed E-state index contributed by atoms with van der Waals surface area (Å²) in [6.07, 6.45) is 0. The average Bonchev–Trinajstić information content (AvgIpc) is 2.77. The molecule has 0 bridgehead atoms. The van der Waals surface area contributed by atoms with E-state index >= 15 is 0 Å². The standard InChI is InChI=1S/C12H21N3O3/c1-6-15(5)12-13-10(18-14-12)9(8(3)4)11(16)17-7-2/h8-9H,6-7H2,1-5H3. The van der Waals surface area contributed by atoms with Gasteiger partial charge in [-0.3, -0.25) is 4.79 Å². The minimum Gasteiger partial charge on any atom is -0.465 e. The van der Waals surface area contributed by atoms with Crippen molar-refractivity contribution in [2.24, 2.45) is 5.92 Å². The van der Waals surface area contributed by atoms with Crippen LogP contribution in [0, 0.1) is 5.92 Å². The second kappa shape index (κ2) is 6.37. The maximum Gasteiger partial charge on any atom is 0.318 e. The molecular weight excluding hydrogens is 234 g/mol. The Labute approximate surface area is 107 Å². The first kappa shape index (κ1) is 14.5. The van der Waals surface area contributed by atoms with Crippen LogP contribution in [0.3, 0.4) is 0 Å². The van der Waals surface area contributed by atoms with Gasteiger partial charge in [0.05, 0.1) is 6.61 Å². The van der Waals surface area contributed by atoms with Crippen molar-refractivity contribution >= 4 is 11.9 Å². The Kier molecular flexibility index (Phi) is 5.12. The topological polar surface area (TPSA) is 68.5 Å². The van der Waals surface area contributed by atoms with Gasteiger partial charge in [0.25, 0.3) is 5.95 Å². The highest BCUT2D eigenvalue weighted by atomic mass is 16.5. The Morgan fingerprint density at radius 2 is 2.11 bits per heavy atom. The van der Waals surface area contributed by atoms with Gasteiger partial charge in [0.2, 0.25) is 5.89 Å². The molecule has 6 nitrogen and oxygen atoms in total. The van der Waals surface area contributed by atoms with Crippen LogP contribution in [0.5, 0.6) is 0 Å². The highest BCUT2D eigenvalue weighted by Gasteiger charge is 2.31. The van der Waals surface area contributed by atoms with E-state index in [1.807, 2.05) is 32.7 Å². The summed E-state index contributed by atoms with van der Waals surface area (Å²) in [6.45, 7) is 8.73. The molecule has 0 saturated carbocycles. The molecule has 18 heavy (non-hydrogen) atoms. The van der Waals surface area contributed by atoms with Crippen LogP contribution in [-0.2, 0) is 9.53 Å². The predicted molar refractivity (Wildman–Crippen MR) is 67.5 cm³/mol. The summed E-state index contributed by atoms with van der Waals surface area (Å²) in [6, 6.07) is 0. The number of rotatable bonds is 6. The van der Waals surface area contributed by atoms with E-state index in [1.165, 1.54) is 0 Å². The summed E-state index contributed by atoms with van der Waals surface area (Å²) in [5.41, 5.74) is 0. The third-order valence-electron chi connectivity index (χ3n) is 2.72. The fourth-order valence-electron chi connectivity index (χ4n) is 1.54. The third kappa shape index (κ3) is 3.21. The van der Waals surface area contributed by atoms with Gasteiger partial charge in [-0.1, -0.05) is 13.8 Å². The zero-order chi connectivity index (χ0) is 13.7. The van der Waals surface area contributed by atoms with E-state index in [0.29, 0.717) is 18.4 Å². The van der Waals surface area contributed by atoms with Crippen LogP contribution in [-0.4, -0.2) is 36.3 Å². The van der Waals surface area contributed by atoms with Gasteiger partial charge >= 0.3 is 5.97 Å². The molecule has 0 fully saturated rings. The molecule has 1 rings (SSSR count).